The Hall–Kier alpha value is -3.61. The summed E-state index contributed by atoms with van der Waals surface area (Å²) in [5.74, 6) is 0.724. The van der Waals surface area contributed by atoms with E-state index in [4.69, 9.17) is 14.7 Å². The van der Waals surface area contributed by atoms with Crippen LogP contribution >= 0.6 is 0 Å². The summed E-state index contributed by atoms with van der Waals surface area (Å²) in [6.45, 7) is 10.9. The Labute approximate surface area is 207 Å². The van der Waals surface area contributed by atoms with Gasteiger partial charge in [0.15, 0.2) is 5.82 Å². The van der Waals surface area contributed by atoms with Crippen LogP contribution in [0.3, 0.4) is 0 Å². The molecule has 4 rings (SSSR count). The van der Waals surface area contributed by atoms with Gasteiger partial charge in [0.05, 0.1) is 11.4 Å². The fraction of sp³-hybridized carbons (Fsp3) is 0.393. The van der Waals surface area contributed by atoms with Crippen LogP contribution < -0.4 is 0 Å². The SMILES string of the molecule is CC(=NOCC(C)(C)CON=C1CCCc2cnc(-c3ccccc3C)nc21)c1cccc(C)n1. The zero-order chi connectivity index (χ0) is 24.8. The van der Waals surface area contributed by atoms with E-state index in [-0.39, 0.29) is 5.41 Å². The Morgan fingerprint density at radius 2 is 1.77 bits per heavy atom. The molecule has 1 aliphatic rings. The zero-order valence-corrected chi connectivity index (χ0v) is 21.2. The van der Waals surface area contributed by atoms with Gasteiger partial charge in [0.2, 0.25) is 0 Å². The predicted molar refractivity (Wildman–Crippen MR) is 139 cm³/mol. The number of hydrogen-bond donors (Lipinski definition) is 0. The van der Waals surface area contributed by atoms with Gasteiger partial charge < -0.3 is 9.68 Å². The summed E-state index contributed by atoms with van der Waals surface area (Å²) in [5.41, 5.74) is 7.31. The normalized spacial score (nSPS) is 15.1. The lowest BCUT2D eigenvalue weighted by Gasteiger charge is -2.22. The van der Waals surface area contributed by atoms with Crippen LogP contribution in [-0.4, -0.2) is 39.6 Å². The molecule has 0 amide bonds. The molecule has 2 heterocycles. The highest BCUT2D eigenvalue weighted by Crippen LogP contribution is 2.25. The van der Waals surface area contributed by atoms with Gasteiger partial charge in [-0.25, -0.2) is 9.97 Å². The van der Waals surface area contributed by atoms with Crippen molar-refractivity contribution in [2.45, 2.75) is 53.9 Å². The van der Waals surface area contributed by atoms with Crippen molar-refractivity contribution >= 4 is 11.4 Å². The maximum atomic E-state index is 5.81. The molecule has 7 nitrogen and oxygen atoms in total. The van der Waals surface area contributed by atoms with Crippen molar-refractivity contribution < 1.29 is 9.68 Å². The first-order valence-corrected chi connectivity index (χ1v) is 12.0. The van der Waals surface area contributed by atoms with Crippen LogP contribution in [0.2, 0.25) is 0 Å². The lowest BCUT2D eigenvalue weighted by molar-refractivity contribution is -0.000158. The monoisotopic (exact) mass is 471 g/mol. The minimum absolute atomic E-state index is 0.274. The number of aryl methyl sites for hydroxylation is 3. The van der Waals surface area contributed by atoms with Gasteiger partial charge in [-0.15, -0.1) is 0 Å². The molecule has 0 fully saturated rings. The molecule has 0 N–H and O–H groups in total. The van der Waals surface area contributed by atoms with E-state index in [0.717, 1.165) is 70.3 Å². The maximum absolute atomic E-state index is 5.81. The average molecular weight is 472 g/mol. The van der Waals surface area contributed by atoms with E-state index < -0.39 is 0 Å². The van der Waals surface area contributed by atoms with Gasteiger partial charge >= 0.3 is 0 Å². The summed E-state index contributed by atoms with van der Waals surface area (Å²) in [6, 6.07) is 14.0. The molecule has 0 radical (unpaired) electrons. The van der Waals surface area contributed by atoms with E-state index in [2.05, 4.69) is 53.2 Å². The second-order valence-corrected chi connectivity index (χ2v) is 9.83. The molecule has 0 saturated carbocycles. The molecule has 0 saturated heterocycles. The van der Waals surface area contributed by atoms with Gasteiger partial charge in [-0.1, -0.05) is 54.5 Å². The average Bonchev–Trinajstić information content (AvgIpc) is 2.84. The third kappa shape index (κ3) is 6.29. The van der Waals surface area contributed by atoms with Gasteiger partial charge in [-0.2, -0.15) is 0 Å². The molecular weight excluding hydrogens is 438 g/mol. The summed E-state index contributed by atoms with van der Waals surface area (Å²) in [4.78, 5) is 25.4. The fourth-order valence-corrected chi connectivity index (χ4v) is 3.87. The third-order valence-corrected chi connectivity index (χ3v) is 5.93. The van der Waals surface area contributed by atoms with Gasteiger partial charge in [0, 0.05) is 22.9 Å². The van der Waals surface area contributed by atoms with Crippen LogP contribution in [-0.2, 0) is 16.1 Å². The minimum atomic E-state index is -0.274. The minimum Gasteiger partial charge on any atom is -0.395 e. The number of oxime groups is 2. The first kappa shape index (κ1) is 24.5. The Morgan fingerprint density at radius 1 is 0.971 bits per heavy atom. The van der Waals surface area contributed by atoms with Crippen LogP contribution in [0.5, 0.6) is 0 Å². The molecule has 0 atom stereocenters. The molecule has 0 aliphatic heterocycles. The number of benzene rings is 1. The lowest BCUT2D eigenvalue weighted by Crippen LogP contribution is -2.24. The second kappa shape index (κ2) is 10.8. The molecule has 182 valence electrons. The van der Waals surface area contributed by atoms with Gasteiger partial charge in [0.1, 0.15) is 24.6 Å². The highest BCUT2D eigenvalue weighted by atomic mass is 16.6. The number of pyridine rings is 1. The highest BCUT2D eigenvalue weighted by Gasteiger charge is 2.23. The molecule has 7 heteroatoms. The largest absolute Gasteiger partial charge is 0.395 e. The van der Waals surface area contributed by atoms with E-state index in [1.807, 2.05) is 50.4 Å². The second-order valence-electron chi connectivity index (χ2n) is 9.83. The van der Waals surface area contributed by atoms with E-state index in [1.54, 1.807) is 0 Å². The number of aromatic nitrogens is 3. The highest BCUT2D eigenvalue weighted by molar-refractivity contribution is 6.01. The van der Waals surface area contributed by atoms with Crippen molar-refractivity contribution in [2.75, 3.05) is 13.2 Å². The van der Waals surface area contributed by atoms with Crippen molar-refractivity contribution in [1.82, 2.24) is 15.0 Å². The molecule has 1 aromatic carbocycles. The van der Waals surface area contributed by atoms with Crippen LogP contribution in [0.1, 0.15) is 61.8 Å². The van der Waals surface area contributed by atoms with Gasteiger partial charge in [-0.05, 0) is 63.3 Å². The standard InChI is InChI=1S/C28H33N5O2/c1-19-10-6-7-13-23(19)27-29-16-22-12-9-15-25(26(22)31-27)33-35-18-28(4,5)17-34-32-21(3)24-14-8-11-20(2)30-24/h6-8,10-11,13-14,16H,9,12,15,17-18H2,1-5H3. The zero-order valence-electron chi connectivity index (χ0n) is 21.2. The quantitative estimate of drug-likeness (QED) is 0.312. The van der Waals surface area contributed by atoms with Crippen LogP contribution in [0.15, 0.2) is 59.0 Å². The van der Waals surface area contributed by atoms with Crippen molar-refractivity contribution in [3.05, 3.63) is 76.9 Å². The topological polar surface area (TPSA) is 81.9 Å². The number of hydrogen-bond acceptors (Lipinski definition) is 7. The molecule has 0 bridgehead atoms. The molecule has 35 heavy (non-hydrogen) atoms. The molecule has 0 spiro atoms. The lowest BCUT2D eigenvalue weighted by atomic mass is 9.95. The van der Waals surface area contributed by atoms with Gasteiger partial charge in [0.25, 0.3) is 0 Å². The predicted octanol–water partition coefficient (Wildman–Crippen LogP) is 5.68. The summed E-state index contributed by atoms with van der Waals surface area (Å²) in [7, 11) is 0. The van der Waals surface area contributed by atoms with Crippen molar-refractivity contribution in [1.29, 1.82) is 0 Å². The van der Waals surface area contributed by atoms with Crippen molar-refractivity contribution in [3.8, 4) is 11.4 Å². The number of rotatable bonds is 8. The molecule has 0 unspecified atom stereocenters. The Kier molecular flexibility index (Phi) is 7.54. The van der Waals surface area contributed by atoms with Crippen LogP contribution in [0.4, 0.5) is 0 Å². The maximum Gasteiger partial charge on any atom is 0.160 e. The van der Waals surface area contributed by atoms with Crippen molar-refractivity contribution in [2.24, 2.45) is 15.7 Å². The van der Waals surface area contributed by atoms with E-state index in [9.17, 15) is 0 Å². The summed E-state index contributed by atoms with van der Waals surface area (Å²) >= 11 is 0. The van der Waals surface area contributed by atoms with E-state index in [0.29, 0.717) is 13.2 Å². The first-order valence-electron chi connectivity index (χ1n) is 12.0. The summed E-state index contributed by atoms with van der Waals surface area (Å²) in [5, 5.41) is 8.73. The van der Waals surface area contributed by atoms with Crippen LogP contribution in [0.25, 0.3) is 11.4 Å². The first-order chi connectivity index (χ1) is 16.8. The van der Waals surface area contributed by atoms with E-state index >= 15 is 0 Å². The molecule has 2 aromatic heterocycles. The van der Waals surface area contributed by atoms with Crippen molar-refractivity contribution in [3.63, 3.8) is 0 Å². The molecular formula is C28H33N5O2. The number of nitrogens with zero attached hydrogens (tertiary/aromatic N) is 5. The third-order valence-electron chi connectivity index (χ3n) is 5.93. The Morgan fingerprint density at radius 3 is 2.57 bits per heavy atom. The number of fused-ring (bicyclic) bond motifs is 1. The smallest absolute Gasteiger partial charge is 0.160 e. The van der Waals surface area contributed by atoms with Gasteiger partial charge in [-0.3, -0.25) is 4.98 Å². The summed E-state index contributed by atoms with van der Waals surface area (Å²) in [6.07, 6.45) is 4.73. The van der Waals surface area contributed by atoms with Crippen LogP contribution in [0, 0.1) is 19.3 Å². The Balaban J connectivity index is 1.40. The fourth-order valence-electron chi connectivity index (χ4n) is 3.87. The Bertz CT molecular complexity index is 1250. The van der Waals surface area contributed by atoms with E-state index in [1.165, 1.54) is 0 Å². The molecule has 1 aliphatic carbocycles. The summed E-state index contributed by atoms with van der Waals surface area (Å²) < 4.78 is 0. The molecule has 3 aromatic rings.